The highest BCUT2D eigenvalue weighted by Crippen LogP contribution is 2.30. The molecule has 0 unspecified atom stereocenters. The SMILES string of the molecule is CC(C)(C)OC(=O)N1Cc2cccc(NCc3cc[nH]c3)c2C1. The van der Waals surface area contributed by atoms with E-state index in [0.717, 1.165) is 12.2 Å². The lowest BCUT2D eigenvalue weighted by molar-refractivity contribution is 0.0242. The number of nitrogens with zero attached hydrogens (tertiary/aromatic N) is 1. The van der Waals surface area contributed by atoms with E-state index >= 15 is 0 Å². The molecule has 0 fully saturated rings. The second kappa shape index (κ2) is 5.99. The summed E-state index contributed by atoms with van der Waals surface area (Å²) < 4.78 is 5.47. The van der Waals surface area contributed by atoms with E-state index < -0.39 is 5.60 Å². The van der Waals surface area contributed by atoms with Gasteiger partial charge in [-0.2, -0.15) is 0 Å². The third kappa shape index (κ3) is 3.67. The van der Waals surface area contributed by atoms with Gasteiger partial charge in [0.25, 0.3) is 0 Å². The molecule has 0 radical (unpaired) electrons. The summed E-state index contributed by atoms with van der Waals surface area (Å²) in [6.07, 6.45) is 3.63. The number of nitrogens with one attached hydrogen (secondary N) is 2. The standard InChI is InChI=1S/C18H23N3O2/c1-18(2,3)23-17(22)21-11-14-5-4-6-16(15(14)12-21)20-10-13-7-8-19-9-13/h4-9,19-20H,10-12H2,1-3H3. The van der Waals surface area contributed by atoms with E-state index in [1.807, 2.05) is 45.3 Å². The molecule has 2 heterocycles. The lowest BCUT2D eigenvalue weighted by Gasteiger charge is -2.24. The van der Waals surface area contributed by atoms with Crippen molar-refractivity contribution in [2.45, 2.75) is 46.0 Å². The Morgan fingerprint density at radius 3 is 2.83 bits per heavy atom. The van der Waals surface area contributed by atoms with E-state index in [2.05, 4.69) is 22.4 Å². The summed E-state index contributed by atoms with van der Waals surface area (Å²) in [5, 5.41) is 3.46. The van der Waals surface area contributed by atoms with Crippen molar-refractivity contribution >= 4 is 11.8 Å². The van der Waals surface area contributed by atoms with Gasteiger partial charge in [-0.05, 0) is 49.6 Å². The van der Waals surface area contributed by atoms with Crippen molar-refractivity contribution in [1.29, 1.82) is 0 Å². The molecule has 0 saturated carbocycles. The van der Waals surface area contributed by atoms with Crippen LogP contribution >= 0.6 is 0 Å². The maximum Gasteiger partial charge on any atom is 0.410 e. The molecule has 23 heavy (non-hydrogen) atoms. The first-order chi connectivity index (χ1) is 10.9. The van der Waals surface area contributed by atoms with Crippen LogP contribution in [0.15, 0.2) is 36.7 Å². The summed E-state index contributed by atoms with van der Waals surface area (Å²) in [6, 6.07) is 8.20. The molecule has 1 aromatic heterocycles. The predicted octanol–water partition coefficient (Wildman–Crippen LogP) is 3.88. The molecule has 0 spiro atoms. The summed E-state index contributed by atoms with van der Waals surface area (Å²) >= 11 is 0. The second-order valence-electron chi connectivity index (χ2n) is 6.85. The van der Waals surface area contributed by atoms with E-state index in [4.69, 9.17) is 4.74 Å². The maximum absolute atomic E-state index is 12.3. The lowest BCUT2D eigenvalue weighted by Crippen LogP contribution is -2.33. The van der Waals surface area contributed by atoms with Crippen LogP contribution in [0.4, 0.5) is 10.5 Å². The molecule has 0 aliphatic carbocycles. The molecule has 1 aromatic carbocycles. The minimum atomic E-state index is -0.471. The molecular weight excluding hydrogens is 290 g/mol. The van der Waals surface area contributed by atoms with E-state index in [0.29, 0.717) is 13.1 Å². The van der Waals surface area contributed by atoms with Crippen molar-refractivity contribution in [2.75, 3.05) is 5.32 Å². The third-order valence-electron chi connectivity index (χ3n) is 3.78. The molecule has 3 rings (SSSR count). The number of ether oxygens (including phenoxy) is 1. The van der Waals surface area contributed by atoms with Gasteiger partial charge in [0.05, 0.1) is 6.54 Å². The van der Waals surface area contributed by atoms with Crippen molar-refractivity contribution in [3.63, 3.8) is 0 Å². The zero-order chi connectivity index (χ0) is 16.4. The number of hydrogen-bond donors (Lipinski definition) is 2. The Morgan fingerprint density at radius 2 is 2.13 bits per heavy atom. The summed E-state index contributed by atoms with van der Waals surface area (Å²) in [7, 11) is 0. The first-order valence-electron chi connectivity index (χ1n) is 7.86. The fourth-order valence-electron chi connectivity index (χ4n) is 2.71. The smallest absolute Gasteiger partial charge is 0.410 e. The third-order valence-corrected chi connectivity index (χ3v) is 3.78. The molecule has 5 heteroatoms. The monoisotopic (exact) mass is 313 g/mol. The Hall–Kier alpha value is -2.43. The zero-order valence-electron chi connectivity index (χ0n) is 13.8. The van der Waals surface area contributed by atoms with E-state index in [9.17, 15) is 4.79 Å². The van der Waals surface area contributed by atoms with Crippen molar-refractivity contribution in [3.05, 3.63) is 53.3 Å². The molecule has 0 bridgehead atoms. The van der Waals surface area contributed by atoms with Crippen molar-refractivity contribution in [1.82, 2.24) is 9.88 Å². The highest BCUT2D eigenvalue weighted by Gasteiger charge is 2.28. The lowest BCUT2D eigenvalue weighted by atomic mass is 10.1. The number of anilines is 1. The van der Waals surface area contributed by atoms with Crippen LogP contribution in [-0.4, -0.2) is 21.6 Å². The number of aromatic nitrogens is 1. The van der Waals surface area contributed by atoms with Crippen LogP contribution in [0.25, 0.3) is 0 Å². The molecular formula is C18H23N3O2. The molecule has 5 nitrogen and oxygen atoms in total. The Balaban J connectivity index is 1.69. The van der Waals surface area contributed by atoms with Crippen LogP contribution < -0.4 is 5.32 Å². The van der Waals surface area contributed by atoms with Crippen molar-refractivity contribution in [3.8, 4) is 0 Å². The quantitative estimate of drug-likeness (QED) is 0.904. The minimum absolute atomic E-state index is 0.259. The molecule has 2 N–H and O–H groups in total. The fourth-order valence-corrected chi connectivity index (χ4v) is 2.71. The number of carbonyl (C=O) groups excluding carboxylic acids is 1. The zero-order valence-corrected chi connectivity index (χ0v) is 13.8. The normalized spacial score (nSPS) is 13.8. The van der Waals surface area contributed by atoms with Crippen LogP contribution in [0.3, 0.4) is 0 Å². The predicted molar refractivity (Wildman–Crippen MR) is 90.0 cm³/mol. The highest BCUT2D eigenvalue weighted by atomic mass is 16.6. The van der Waals surface area contributed by atoms with Crippen molar-refractivity contribution < 1.29 is 9.53 Å². The minimum Gasteiger partial charge on any atom is -0.444 e. The molecule has 1 aliphatic heterocycles. The van der Waals surface area contributed by atoms with Crippen LogP contribution in [0.5, 0.6) is 0 Å². The average Bonchev–Trinajstić information content (AvgIpc) is 3.12. The summed E-state index contributed by atoms with van der Waals surface area (Å²) in [5.41, 5.74) is 4.16. The Labute approximate surface area is 136 Å². The Kier molecular flexibility index (Phi) is 4.03. The van der Waals surface area contributed by atoms with Gasteiger partial charge in [0, 0.05) is 31.2 Å². The van der Waals surface area contributed by atoms with Gasteiger partial charge in [-0.15, -0.1) is 0 Å². The summed E-state index contributed by atoms with van der Waals surface area (Å²) in [6.45, 7) is 7.60. The number of aromatic amines is 1. The number of hydrogen-bond acceptors (Lipinski definition) is 3. The molecule has 2 aromatic rings. The maximum atomic E-state index is 12.3. The summed E-state index contributed by atoms with van der Waals surface area (Å²) in [5.74, 6) is 0. The molecule has 0 saturated heterocycles. The van der Waals surface area contributed by atoms with Gasteiger partial charge < -0.3 is 15.0 Å². The number of rotatable bonds is 3. The van der Waals surface area contributed by atoms with E-state index in [1.54, 1.807) is 4.90 Å². The molecule has 122 valence electrons. The van der Waals surface area contributed by atoms with Gasteiger partial charge in [0.15, 0.2) is 0 Å². The summed E-state index contributed by atoms with van der Waals surface area (Å²) in [4.78, 5) is 17.1. The number of benzene rings is 1. The van der Waals surface area contributed by atoms with E-state index in [-0.39, 0.29) is 6.09 Å². The molecule has 0 atom stereocenters. The Bertz CT molecular complexity index is 687. The fraction of sp³-hybridized carbons (Fsp3) is 0.389. The van der Waals surface area contributed by atoms with Crippen LogP contribution in [-0.2, 0) is 24.4 Å². The van der Waals surface area contributed by atoms with Gasteiger partial charge in [-0.25, -0.2) is 4.79 Å². The molecule has 1 amide bonds. The van der Waals surface area contributed by atoms with Gasteiger partial charge in [0.1, 0.15) is 5.60 Å². The van der Waals surface area contributed by atoms with Crippen molar-refractivity contribution in [2.24, 2.45) is 0 Å². The van der Waals surface area contributed by atoms with Crippen LogP contribution in [0, 0.1) is 0 Å². The second-order valence-corrected chi connectivity index (χ2v) is 6.85. The van der Waals surface area contributed by atoms with Crippen LogP contribution in [0.1, 0.15) is 37.5 Å². The topological polar surface area (TPSA) is 57.4 Å². The average molecular weight is 313 g/mol. The number of carbonyl (C=O) groups is 1. The Morgan fingerprint density at radius 1 is 1.30 bits per heavy atom. The van der Waals surface area contributed by atoms with Gasteiger partial charge >= 0.3 is 6.09 Å². The van der Waals surface area contributed by atoms with Crippen LogP contribution in [0.2, 0.25) is 0 Å². The highest BCUT2D eigenvalue weighted by molar-refractivity contribution is 5.71. The largest absolute Gasteiger partial charge is 0.444 e. The van der Waals surface area contributed by atoms with E-state index in [1.165, 1.54) is 16.7 Å². The van der Waals surface area contributed by atoms with Gasteiger partial charge in [-0.1, -0.05) is 12.1 Å². The first kappa shape index (κ1) is 15.5. The number of H-pyrrole nitrogens is 1. The first-order valence-corrected chi connectivity index (χ1v) is 7.86. The number of amides is 1. The van der Waals surface area contributed by atoms with Gasteiger partial charge in [0.2, 0.25) is 0 Å². The number of fused-ring (bicyclic) bond motifs is 1. The molecule has 1 aliphatic rings. The van der Waals surface area contributed by atoms with Gasteiger partial charge in [-0.3, -0.25) is 4.90 Å².